The zero-order chi connectivity index (χ0) is 17.1. The van der Waals surface area contributed by atoms with E-state index in [9.17, 15) is 14.7 Å². The van der Waals surface area contributed by atoms with E-state index < -0.39 is 0 Å². The number of benzene rings is 1. The predicted molar refractivity (Wildman–Crippen MR) is 92.8 cm³/mol. The minimum Gasteiger partial charge on any atom is -0.396 e. The van der Waals surface area contributed by atoms with Crippen LogP contribution < -0.4 is 4.90 Å². The largest absolute Gasteiger partial charge is 0.396 e. The van der Waals surface area contributed by atoms with Crippen LogP contribution in [0, 0.1) is 0 Å². The molecule has 1 N–H and O–H groups in total. The molecule has 0 aliphatic carbocycles. The highest BCUT2D eigenvalue weighted by atomic mass is 16.3. The average molecular weight is 330 g/mol. The van der Waals surface area contributed by atoms with Crippen LogP contribution in [0.15, 0.2) is 24.3 Å². The van der Waals surface area contributed by atoms with Crippen molar-refractivity contribution in [1.29, 1.82) is 0 Å². The van der Waals surface area contributed by atoms with Crippen molar-refractivity contribution >= 4 is 17.5 Å². The van der Waals surface area contributed by atoms with E-state index in [2.05, 4.69) is 4.90 Å². The highest BCUT2D eigenvalue weighted by molar-refractivity contribution is 6.22. The quantitative estimate of drug-likeness (QED) is 0.840. The Bertz CT molecular complexity index is 614. The van der Waals surface area contributed by atoms with Crippen molar-refractivity contribution in [2.75, 3.05) is 18.1 Å². The summed E-state index contributed by atoms with van der Waals surface area (Å²) in [6.45, 7) is 2.99. The minimum atomic E-state index is -0.376. The number of hydrogen-bond acceptors (Lipinski definition) is 4. The molecule has 2 fully saturated rings. The highest BCUT2D eigenvalue weighted by Crippen LogP contribution is 2.32. The molecule has 1 aromatic carbocycles. The smallest absolute Gasteiger partial charge is 0.251 e. The van der Waals surface area contributed by atoms with Crippen LogP contribution in [-0.2, 0) is 16.0 Å². The number of aryl methyl sites for hydroxylation is 1. The number of aliphatic hydroxyl groups excluding tert-OH is 1. The van der Waals surface area contributed by atoms with Crippen molar-refractivity contribution in [3.05, 3.63) is 29.8 Å². The van der Waals surface area contributed by atoms with Crippen molar-refractivity contribution in [2.45, 2.75) is 57.5 Å². The molecule has 0 aromatic heterocycles. The lowest BCUT2D eigenvalue weighted by molar-refractivity contribution is -0.124. The number of para-hydroxylation sites is 1. The van der Waals surface area contributed by atoms with Crippen molar-refractivity contribution in [1.82, 2.24) is 4.90 Å². The molecular weight excluding hydrogens is 304 g/mol. The summed E-state index contributed by atoms with van der Waals surface area (Å²) in [5.74, 6) is -0.218. The van der Waals surface area contributed by atoms with Gasteiger partial charge < -0.3 is 5.11 Å². The molecule has 2 amide bonds. The zero-order valence-electron chi connectivity index (χ0n) is 14.3. The van der Waals surface area contributed by atoms with Crippen LogP contribution in [0.2, 0.25) is 0 Å². The van der Waals surface area contributed by atoms with Gasteiger partial charge in [0.2, 0.25) is 5.91 Å². The number of aliphatic hydroxyl groups is 1. The summed E-state index contributed by atoms with van der Waals surface area (Å²) >= 11 is 0. The number of piperidine rings is 1. The van der Waals surface area contributed by atoms with E-state index >= 15 is 0 Å². The summed E-state index contributed by atoms with van der Waals surface area (Å²) in [5, 5.41) is 9.31. The number of rotatable bonds is 5. The second-order valence-electron chi connectivity index (χ2n) is 6.67. The molecule has 0 spiro atoms. The number of imide groups is 1. The third-order valence-corrected chi connectivity index (χ3v) is 5.27. The molecule has 0 bridgehead atoms. The standard InChI is InChI=1S/C19H26N2O3/c1-2-14-7-3-4-9-16(14)21-18(23)13-17(19(21)24)20-11-6-5-8-15(20)10-12-22/h3-4,7,9,15,17,22H,2,5-6,8,10-13H2,1H3/t15-,17-/m0/s1. The van der Waals surface area contributed by atoms with Crippen LogP contribution in [0.25, 0.3) is 0 Å². The SMILES string of the molecule is CCc1ccccc1N1C(=O)C[C@H](N2CCCC[C@H]2CCO)C1=O. The Kier molecular flexibility index (Phi) is 5.31. The van der Waals surface area contributed by atoms with Gasteiger partial charge in [-0.1, -0.05) is 31.5 Å². The summed E-state index contributed by atoms with van der Waals surface area (Å²) in [4.78, 5) is 29.2. The summed E-state index contributed by atoms with van der Waals surface area (Å²) < 4.78 is 0. The van der Waals surface area contributed by atoms with Gasteiger partial charge in [-0.05, 0) is 43.9 Å². The van der Waals surface area contributed by atoms with Gasteiger partial charge >= 0.3 is 0 Å². The van der Waals surface area contributed by atoms with Crippen LogP contribution in [0.5, 0.6) is 0 Å². The fourth-order valence-electron chi connectivity index (χ4n) is 4.05. The van der Waals surface area contributed by atoms with Gasteiger partial charge in [-0.3, -0.25) is 14.5 Å². The number of anilines is 1. The van der Waals surface area contributed by atoms with Gasteiger partial charge in [-0.25, -0.2) is 4.90 Å². The van der Waals surface area contributed by atoms with Gasteiger partial charge in [0.25, 0.3) is 5.91 Å². The lowest BCUT2D eigenvalue weighted by Gasteiger charge is -2.38. The van der Waals surface area contributed by atoms with Crippen LogP contribution in [-0.4, -0.2) is 47.1 Å². The number of carbonyl (C=O) groups is 2. The molecule has 2 heterocycles. The topological polar surface area (TPSA) is 60.9 Å². The molecule has 2 atom stereocenters. The molecule has 2 aliphatic heterocycles. The number of nitrogens with zero attached hydrogens (tertiary/aromatic N) is 2. The number of amides is 2. The zero-order valence-corrected chi connectivity index (χ0v) is 14.3. The lowest BCUT2D eigenvalue weighted by atomic mass is 9.97. The summed E-state index contributed by atoms with van der Waals surface area (Å²) in [6, 6.07) is 7.47. The molecule has 24 heavy (non-hydrogen) atoms. The second-order valence-corrected chi connectivity index (χ2v) is 6.67. The fourth-order valence-corrected chi connectivity index (χ4v) is 4.05. The summed E-state index contributed by atoms with van der Waals surface area (Å²) in [6.07, 6.45) is 4.87. The minimum absolute atomic E-state index is 0.106. The molecule has 5 heteroatoms. The fraction of sp³-hybridized carbons (Fsp3) is 0.579. The first-order valence-corrected chi connectivity index (χ1v) is 8.98. The maximum Gasteiger partial charge on any atom is 0.251 e. The van der Waals surface area contributed by atoms with E-state index in [-0.39, 0.29) is 36.9 Å². The van der Waals surface area contributed by atoms with Gasteiger partial charge in [0.15, 0.2) is 0 Å². The van der Waals surface area contributed by atoms with Gasteiger partial charge in [0.05, 0.1) is 18.2 Å². The first kappa shape index (κ1) is 17.1. The monoisotopic (exact) mass is 330 g/mol. The molecule has 3 rings (SSSR count). The predicted octanol–water partition coefficient (Wildman–Crippen LogP) is 2.12. The normalized spacial score (nSPS) is 25.5. The average Bonchev–Trinajstić information content (AvgIpc) is 2.90. The van der Waals surface area contributed by atoms with E-state index in [1.807, 2.05) is 31.2 Å². The van der Waals surface area contributed by atoms with Crippen molar-refractivity contribution < 1.29 is 14.7 Å². The Balaban J connectivity index is 1.86. The van der Waals surface area contributed by atoms with E-state index in [1.54, 1.807) is 0 Å². The third-order valence-electron chi connectivity index (χ3n) is 5.27. The van der Waals surface area contributed by atoms with Crippen molar-refractivity contribution in [2.24, 2.45) is 0 Å². The van der Waals surface area contributed by atoms with Crippen LogP contribution >= 0.6 is 0 Å². The first-order chi connectivity index (χ1) is 11.7. The molecule has 2 aliphatic rings. The highest BCUT2D eigenvalue weighted by Gasteiger charge is 2.45. The number of hydrogen-bond donors (Lipinski definition) is 1. The van der Waals surface area contributed by atoms with E-state index in [4.69, 9.17) is 0 Å². The third kappa shape index (κ3) is 3.10. The van der Waals surface area contributed by atoms with Gasteiger partial charge in [-0.2, -0.15) is 0 Å². The van der Waals surface area contributed by atoms with Crippen molar-refractivity contribution in [3.63, 3.8) is 0 Å². The molecular formula is C19H26N2O3. The molecule has 2 saturated heterocycles. The second kappa shape index (κ2) is 7.45. The maximum atomic E-state index is 13.0. The van der Waals surface area contributed by atoms with E-state index in [0.717, 1.165) is 43.5 Å². The Labute approximate surface area is 143 Å². The maximum absolute atomic E-state index is 13.0. The van der Waals surface area contributed by atoms with Crippen LogP contribution in [0.3, 0.4) is 0 Å². The molecule has 0 radical (unpaired) electrons. The molecule has 1 aromatic rings. The Morgan fingerprint density at radius 3 is 2.75 bits per heavy atom. The molecule has 5 nitrogen and oxygen atoms in total. The van der Waals surface area contributed by atoms with E-state index in [0.29, 0.717) is 6.42 Å². The number of likely N-dealkylation sites (tertiary alicyclic amines) is 1. The van der Waals surface area contributed by atoms with Crippen LogP contribution in [0.1, 0.15) is 44.6 Å². The van der Waals surface area contributed by atoms with E-state index in [1.165, 1.54) is 4.90 Å². The molecule has 0 unspecified atom stereocenters. The Hall–Kier alpha value is -1.72. The van der Waals surface area contributed by atoms with Gasteiger partial charge in [0, 0.05) is 12.6 Å². The molecule has 130 valence electrons. The lowest BCUT2D eigenvalue weighted by Crippen LogP contribution is -2.50. The first-order valence-electron chi connectivity index (χ1n) is 8.98. The summed E-state index contributed by atoms with van der Waals surface area (Å²) in [5.41, 5.74) is 1.75. The van der Waals surface area contributed by atoms with Gasteiger partial charge in [0.1, 0.15) is 0 Å². The van der Waals surface area contributed by atoms with Crippen molar-refractivity contribution in [3.8, 4) is 0 Å². The van der Waals surface area contributed by atoms with Gasteiger partial charge in [-0.15, -0.1) is 0 Å². The Morgan fingerprint density at radius 1 is 1.21 bits per heavy atom. The molecule has 0 saturated carbocycles. The summed E-state index contributed by atoms with van der Waals surface area (Å²) in [7, 11) is 0. The number of carbonyl (C=O) groups excluding carboxylic acids is 2. The van der Waals surface area contributed by atoms with Crippen LogP contribution in [0.4, 0.5) is 5.69 Å². The Morgan fingerprint density at radius 2 is 2.00 bits per heavy atom.